The third-order valence-corrected chi connectivity index (χ3v) is 3.44. The van der Waals surface area contributed by atoms with Crippen LogP contribution in [-0.2, 0) is 0 Å². The van der Waals surface area contributed by atoms with E-state index in [4.69, 9.17) is 10.5 Å². The lowest BCUT2D eigenvalue weighted by molar-refractivity contribution is 0.464. The Hall–Kier alpha value is -3.22. The number of benzene rings is 2. The number of hydrogen-bond donors (Lipinski definition) is 2. The van der Waals surface area contributed by atoms with Gasteiger partial charge in [-0.25, -0.2) is 13.8 Å². The maximum absolute atomic E-state index is 13.3. The highest BCUT2D eigenvalue weighted by Crippen LogP contribution is 2.31. The first-order chi connectivity index (χ1) is 11.9. The molecule has 0 saturated carbocycles. The Morgan fingerprint density at radius 2 is 1.68 bits per heavy atom. The number of nitrogen functional groups attached to an aromatic ring is 1. The van der Waals surface area contributed by atoms with E-state index in [-0.39, 0.29) is 17.4 Å². The molecule has 0 amide bonds. The van der Waals surface area contributed by atoms with Crippen molar-refractivity contribution in [2.24, 2.45) is 0 Å². The molecule has 0 aliphatic carbocycles. The maximum Gasteiger partial charge on any atom is 0.248 e. The summed E-state index contributed by atoms with van der Waals surface area (Å²) in [6.07, 6.45) is 1.27. The van der Waals surface area contributed by atoms with E-state index in [1.165, 1.54) is 12.4 Å². The number of ether oxygens (including phenoxy) is 1. The van der Waals surface area contributed by atoms with Crippen molar-refractivity contribution in [3.8, 4) is 11.6 Å². The molecule has 0 unspecified atom stereocenters. The number of hydrogen-bond acceptors (Lipinski definition) is 5. The van der Waals surface area contributed by atoms with Crippen LogP contribution in [-0.4, -0.2) is 9.97 Å². The lowest BCUT2D eigenvalue weighted by Crippen LogP contribution is -2.03. The van der Waals surface area contributed by atoms with Crippen molar-refractivity contribution in [1.82, 2.24) is 9.97 Å². The minimum atomic E-state index is -0.968. The molecule has 0 bridgehead atoms. The van der Waals surface area contributed by atoms with E-state index in [1.807, 2.05) is 32.0 Å². The minimum absolute atomic E-state index is 0.159. The monoisotopic (exact) mass is 342 g/mol. The Bertz CT molecular complexity index is 911. The second-order valence-corrected chi connectivity index (χ2v) is 5.62. The summed E-state index contributed by atoms with van der Waals surface area (Å²) in [6, 6.07) is 9.15. The summed E-state index contributed by atoms with van der Waals surface area (Å²) in [5, 5.41) is 2.83. The van der Waals surface area contributed by atoms with Crippen LogP contribution in [0.1, 0.15) is 11.1 Å². The van der Waals surface area contributed by atoms with E-state index in [1.54, 1.807) is 0 Å². The van der Waals surface area contributed by atoms with E-state index < -0.39 is 11.6 Å². The average Bonchev–Trinajstić information content (AvgIpc) is 2.54. The van der Waals surface area contributed by atoms with Gasteiger partial charge in [-0.15, -0.1) is 0 Å². The van der Waals surface area contributed by atoms with Crippen LogP contribution >= 0.6 is 0 Å². The summed E-state index contributed by atoms with van der Waals surface area (Å²) in [7, 11) is 0. The van der Waals surface area contributed by atoms with Gasteiger partial charge in [-0.05, 0) is 49.2 Å². The number of halogens is 2. The van der Waals surface area contributed by atoms with Crippen LogP contribution in [0.3, 0.4) is 0 Å². The van der Waals surface area contributed by atoms with Crippen molar-refractivity contribution in [2.45, 2.75) is 13.8 Å². The zero-order valence-corrected chi connectivity index (χ0v) is 13.7. The van der Waals surface area contributed by atoms with Crippen molar-refractivity contribution in [3.05, 3.63) is 65.5 Å². The molecule has 0 spiro atoms. The molecule has 1 heterocycles. The second-order valence-electron chi connectivity index (χ2n) is 5.62. The van der Waals surface area contributed by atoms with Gasteiger partial charge in [0.15, 0.2) is 17.5 Å². The van der Waals surface area contributed by atoms with Gasteiger partial charge in [0, 0.05) is 11.8 Å². The molecule has 7 heteroatoms. The maximum atomic E-state index is 13.3. The van der Waals surface area contributed by atoms with Crippen LogP contribution in [0.15, 0.2) is 42.7 Å². The third kappa shape index (κ3) is 3.82. The number of anilines is 3. The normalized spacial score (nSPS) is 10.6. The largest absolute Gasteiger partial charge is 0.437 e. The van der Waals surface area contributed by atoms with Gasteiger partial charge < -0.3 is 15.8 Å². The lowest BCUT2D eigenvalue weighted by atomic mass is 10.1. The summed E-state index contributed by atoms with van der Waals surface area (Å²) in [6.45, 7) is 3.92. The molecule has 0 aliphatic heterocycles. The van der Waals surface area contributed by atoms with Crippen molar-refractivity contribution in [2.75, 3.05) is 11.1 Å². The highest BCUT2D eigenvalue weighted by molar-refractivity contribution is 5.72. The van der Waals surface area contributed by atoms with E-state index >= 15 is 0 Å². The van der Waals surface area contributed by atoms with Gasteiger partial charge in [-0.1, -0.05) is 6.07 Å². The molecule has 3 aromatic rings. The molecule has 0 fully saturated rings. The van der Waals surface area contributed by atoms with Crippen LogP contribution in [0.2, 0.25) is 0 Å². The van der Waals surface area contributed by atoms with Gasteiger partial charge in [0.1, 0.15) is 17.8 Å². The zero-order chi connectivity index (χ0) is 18.0. The quantitative estimate of drug-likeness (QED) is 0.731. The number of nitrogens with one attached hydrogen (secondary N) is 1. The molecule has 1 aromatic heterocycles. The van der Waals surface area contributed by atoms with Gasteiger partial charge in [-0.2, -0.15) is 4.98 Å². The molecule has 128 valence electrons. The third-order valence-electron chi connectivity index (χ3n) is 3.44. The molecule has 0 saturated heterocycles. The Kier molecular flexibility index (Phi) is 4.47. The van der Waals surface area contributed by atoms with Crippen molar-refractivity contribution in [3.63, 3.8) is 0 Å². The van der Waals surface area contributed by atoms with Gasteiger partial charge in [0.2, 0.25) is 5.88 Å². The number of aryl methyl sites for hydroxylation is 2. The highest BCUT2D eigenvalue weighted by Gasteiger charge is 2.12. The predicted molar refractivity (Wildman–Crippen MR) is 92.1 cm³/mol. The first-order valence-electron chi connectivity index (χ1n) is 7.51. The standard InChI is InChI=1S/C18H16F2N4O/c1-10-5-11(2)7-13(6-10)25-18-16(21)17(22-9-23-18)24-12-3-4-14(19)15(20)8-12/h3-9H,21H2,1-2H3,(H,22,23,24). The van der Waals surface area contributed by atoms with Gasteiger partial charge >= 0.3 is 0 Å². The van der Waals surface area contributed by atoms with Crippen LogP contribution in [0.25, 0.3) is 0 Å². The molecular weight excluding hydrogens is 326 g/mol. The first-order valence-corrected chi connectivity index (χ1v) is 7.51. The number of nitrogens with two attached hydrogens (primary N) is 1. The molecule has 25 heavy (non-hydrogen) atoms. The Morgan fingerprint density at radius 1 is 0.960 bits per heavy atom. The van der Waals surface area contributed by atoms with E-state index in [0.29, 0.717) is 11.4 Å². The molecule has 3 rings (SSSR count). The molecule has 0 radical (unpaired) electrons. The average molecular weight is 342 g/mol. The predicted octanol–water partition coefficient (Wildman–Crippen LogP) is 4.49. The summed E-state index contributed by atoms with van der Waals surface area (Å²) in [5.41, 5.74) is 8.60. The fourth-order valence-corrected chi connectivity index (χ4v) is 2.37. The fraction of sp³-hybridized carbons (Fsp3) is 0.111. The molecule has 3 N–H and O–H groups in total. The zero-order valence-electron chi connectivity index (χ0n) is 13.7. The summed E-state index contributed by atoms with van der Waals surface area (Å²) >= 11 is 0. The van der Waals surface area contributed by atoms with E-state index in [2.05, 4.69) is 15.3 Å². The van der Waals surface area contributed by atoms with Crippen LogP contribution in [0, 0.1) is 25.5 Å². The van der Waals surface area contributed by atoms with Crippen molar-refractivity contribution < 1.29 is 13.5 Å². The van der Waals surface area contributed by atoms with Crippen molar-refractivity contribution in [1.29, 1.82) is 0 Å². The number of rotatable bonds is 4. The van der Waals surface area contributed by atoms with E-state index in [0.717, 1.165) is 23.3 Å². The molecule has 5 nitrogen and oxygen atoms in total. The smallest absolute Gasteiger partial charge is 0.248 e. The Balaban J connectivity index is 1.87. The van der Waals surface area contributed by atoms with Crippen LogP contribution in [0.4, 0.5) is 26.0 Å². The molecule has 0 atom stereocenters. The van der Waals surface area contributed by atoms with Crippen LogP contribution < -0.4 is 15.8 Å². The van der Waals surface area contributed by atoms with E-state index in [9.17, 15) is 8.78 Å². The lowest BCUT2D eigenvalue weighted by Gasteiger charge is -2.12. The van der Waals surface area contributed by atoms with Crippen LogP contribution in [0.5, 0.6) is 11.6 Å². The van der Waals surface area contributed by atoms with Gasteiger partial charge in [0.05, 0.1) is 0 Å². The second kappa shape index (κ2) is 6.72. The van der Waals surface area contributed by atoms with Crippen molar-refractivity contribution >= 4 is 17.2 Å². The number of aromatic nitrogens is 2. The summed E-state index contributed by atoms with van der Waals surface area (Å²) < 4.78 is 32.1. The highest BCUT2D eigenvalue weighted by atomic mass is 19.2. The minimum Gasteiger partial charge on any atom is -0.437 e. The molecular formula is C18H16F2N4O. The first kappa shape index (κ1) is 16.6. The van der Waals surface area contributed by atoms with Gasteiger partial charge in [0.25, 0.3) is 0 Å². The molecule has 2 aromatic carbocycles. The van der Waals surface area contributed by atoms with Gasteiger partial charge in [-0.3, -0.25) is 0 Å². The topological polar surface area (TPSA) is 73.1 Å². The Morgan fingerprint density at radius 3 is 2.36 bits per heavy atom. The fourth-order valence-electron chi connectivity index (χ4n) is 2.37. The SMILES string of the molecule is Cc1cc(C)cc(Oc2ncnc(Nc3ccc(F)c(F)c3)c2N)c1. The molecule has 0 aliphatic rings. The summed E-state index contributed by atoms with van der Waals surface area (Å²) in [5.74, 6) is -0.892. The number of nitrogens with zero attached hydrogens (tertiary/aromatic N) is 2. The summed E-state index contributed by atoms with van der Waals surface area (Å²) in [4.78, 5) is 8.05. The Labute approximate surface area is 143 Å².